The van der Waals surface area contributed by atoms with Crippen molar-refractivity contribution in [2.24, 2.45) is 0 Å². The smallest absolute Gasteiger partial charge is 0.261 e. The highest BCUT2D eigenvalue weighted by Crippen LogP contribution is 2.25. The zero-order valence-corrected chi connectivity index (χ0v) is 13.7. The number of imide groups is 1. The van der Waals surface area contributed by atoms with Crippen molar-refractivity contribution >= 4 is 17.7 Å². The second kappa shape index (κ2) is 6.86. The standard InChI is InChI=1S/C19H18N2O4/c1-12(11-22)20-17(23)14-7-8-15-16(9-14)19(25)21(18(15)24)10-13-5-3-2-4-6-13/h2-9,12,22H,10-11H2,1H3,(H,20,23). The molecule has 2 aromatic rings. The van der Waals surface area contributed by atoms with Crippen LogP contribution in [0.5, 0.6) is 0 Å². The summed E-state index contributed by atoms with van der Waals surface area (Å²) in [5, 5.41) is 11.6. The number of hydrogen-bond acceptors (Lipinski definition) is 4. The minimum atomic E-state index is -0.409. The highest BCUT2D eigenvalue weighted by atomic mass is 16.3. The predicted molar refractivity (Wildman–Crippen MR) is 91.1 cm³/mol. The number of benzene rings is 2. The van der Waals surface area contributed by atoms with Crippen LogP contribution < -0.4 is 5.32 Å². The Hall–Kier alpha value is -2.99. The van der Waals surface area contributed by atoms with Crippen LogP contribution in [0.15, 0.2) is 48.5 Å². The molecule has 0 aliphatic carbocycles. The van der Waals surface area contributed by atoms with Crippen molar-refractivity contribution in [3.05, 3.63) is 70.8 Å². The lowest BCUT2D eigenvalue weighted by Crippen LogP contribution is -2.35. The summed E-state index contributed by atoms with van der Waals surface area (Å²) in [6.45, 7) is 1.68. The Balaban J connectivity index is 1.84. The van der Waals surface area contributed by atoms with Gasteiger partial charge in [0, 0.05) is 11.6 Å². The van der Waals surface area contributed by atoms with Crippen LogP contribution in [0.3, 0.4) is 0 Å². The molecule has 1 heterocycles. The number of carbonyl (C=O) groups excluding carboxylic acids is 3. The molecule has 1 aliphatic rings. The van der Waals surface area contributed by atoms with E-state index in [1.807, 2.05) is 30.3 Å². The number of carbonyl (C=O) groups is 3. The maximum Gasteiger partial charge on any atom is 0.261 e. The van der Waals surface area contributed by atoms with Crippen LogP contribution >= 0.6 is 0 Å². The minimum Gasteiger partial charge on any atom is -0.394 e. The summed E-state index contributed by atoms with van der Waals surface area (Å²) in [6.07, 6.45) is 0. The van der Waals surface area contributed by atoms with Gasteiger partial charge >= 0.3 is 0 Å². The van der Waals surface area contributed by atoms with Gasteiger partial charge in [0.15, 0.2) is 0 Å². The van der Waals surface area contributed by atoms with Gasteiger partial charge in [0.2, 0.25) is 0 Å². The van der Waals surface area contributed by atoms with Crippen molar-refractivity contribution in [1.29, 1.82) is 0 Å². The Morgan fingerprint density at radius 1 is 1.08 bits per heavy atom. The van der Waals surface area contributed by atoms with Crippen LogP contribution in [0.4, 0.5) is 0 Å². The monoisotopic (exact) mass is 338 g/mol. The largest absolute Gasteiger partial charge is 0.394 e. The number of amides is 3. The average molecular weight is 338 g/mol. The average Bonchev–Trinajstić information content (AvgIpc) is 2.87. The van der Waals surface area contributed by atoms with E-state index in [-0.39, 0.29) is 30.2 Å². The first kappa shape index (κ1) is 16.9. The molecular weight excluding hydrogens is 320 g/mol. The van der Waals surface area contributed by atoms with E-state index in [9.17, 15) is 14.4 Å². The molecule has 1 aliphatic heterocycles. The highest BCUT2D eigenvalue weighted by Gasteiger charge is 2.36. The van der Waals surface area contributed by atoms with Crippen LogP contribution in [-0.4, -0.2) is 40.4 Å². The summed E-state index contributed by atoms with van der Waals surface area (Å²) >= 11 is 0. The number of aliphatic hydroxyl groups excluding tert-OH is 1. The molecule has 25 heavy (non-hydrogen) atoms. The summed E-state index contributed by atoms with van der Waals surface area (Å²) in [6, 6.07) is 13.3. The molecule has 2 N–H and O–H groups in total. The Morgan fingerprint density at radius 2 is 1.76 bits per heavy atom. The lowest BCUT2D eigenvalue weighted by atomic mass is 10.1. The fraction of sp³-hybridized carbons (Fsp3) is 0.211. The topological polar surface area (TPSA) is 86.7 Å². The van der Waals surface area contributed by atoms with Crippen LogP contribution in [0.25, 0.3) is 0 Å². The molecule has 0 spiro atoms. The molecule has 128 valence electrons. The summed E-state index contributed by atoms with van der Waals surface area (Å²) in [5.74, 6) is -1.17. The number of rotatable bonds is 5. The van der Waals surface area contributed by atoms with Crippen LogP contribution in [-0.2, 0) is 6.54 Å². The molecule has 0 aromatic heterocycles. The van der Waals surface area contributed by atoms with Crippen molar-refractivity contribution in [2.75, 3.05) is 6.61 Å². The van der Waals surface area contributed by atoms with Crippen molar-refractivity contribution in [3.8, 4) is 0 Å². The zero-order chi connectivity index (χ0) is 18.0. The highest BCUT2D eigenvalue weighted by molar-refractivity contribution is 6.22. The third-order valence-electron chi connectivity index (χ3n) is 4.07. The molecule has 3 amide bonds. The first-order valence-corrected chi connectivity index (χ1v) is 7.97. The molecule has 1 atom stereocenters. The van der Waals surface area contributed by atoms with Crippen LogP contribution in [0.2, 0.25) is 0 Å². The second-order valence-corrected chi connectivity index (χ2v) is 6.00. The molecule has 0 radical (unpaired) electrons. The molecule has 2 aromatic carbocycles. The number of nitrogens with one attached hydrogen (secondary N) is 1. The third kappa shape index (κ3) is 3.29. The van der Waals surface area contributed by atoms with Gasteiger partial charge in [-0.1, -0.05) is 30.3 Å². The lowest BCUT2D eigenvalue weighted by molar-refractivity contribution is 0.0642. The fourth-order valence-electron chi connectivity index (χ4n) is 2.69. The Labute approximate surface area is 145 Å². The number of fused-ring (bicyclic) bond motifs is 1. The maximum absolute atomic E-state index is 12.6. The Morgan fingerprint density at radius 3 is 2.44 bits per heavy atom. The van der Waals surface area contributed by atoms with Gasteiger partial charge in [0.25, 0.3) is 17.7 Å². The van der Waals surface area contributed by atoms with Crippen LogP contribution in [0, 0.1) is 0 Å². The quantitative estimate of drug-likeness (QED) is 0.811. The molecule has 0 bridgehead atoms. The van der Waals surface area contributed by atoms with Crippen LogP contribution in [0.1, 0.15) is 43.6 Å². The van der Waals surface area contributed by atoms with Gasteiger partial charge in [-0.3, -0.25) is 19.3 Å². The van der Waals surface area contributed by atoms with E-state index >= 15 is 0 Å². The first-order valence-electron chi connectivity index (χ1n) is 7.97. The molecule has 6 heteroatoms. The number of aliphatic hydroxyl groups is 1. The van der Waals surface area contributed by atoms with Gasteiger partial charge in [-0.25, -0.2) is 0 Å². The number of nitrogens with zero attached hydrogens (tertiary/aromatic N) is 1. The Bertz CT molecular complexity index is 833. The summed E-state index contributed by atoms with van der Waals surface area (Å²) in [7, 11) is 0. The second-order valence-electron chi connectivity index (χ2n) is 6.00. The molecule has 3 rings (SSSR count). The van der Waals surface area contributed by atoms with E-state index in [4.69, 9.17) is 5.11 Å². The lowest BCUT2D eigenvalue weighted by Gasteiger charge is -2.13. The van der Waals surface area contributed by atoms with Crippen molar-refractivity contribution < 1.29 is 19.5 Å². The summed E-state index contributed by atoms with van der Waals surface area (Å²) in [4.78, 5) is 38.4. The van der Waals surface area contributed by atoms with Gasteiger partial charge < -0.3 is 10.4 Å². The van der Waals surface area contributed by atoms with E-state index in [0.717, 1.165) is 5.56 Å². The van der Waals surface area contributed by atoms with E-state index in [0.29, 0.717) is 5.56 Å². The minimum absolute atomic E-state index is 0.182. The summed E-state index contributed by atoms with van der Waals surface area (Å²) in [5.41, 5.74) is 1.66. The van der Waals surface area contributed by atoms with Gasteiger partial charge in [0.05, 0.1) is 24.3 Å². The molecule has 0 fully saturated rings. The zero-order valence-electron chi connectivity index (χ0n) is 13.7. The SMILES string of the molecule is CC(CO)NC(=O)c1ccc2c(c1)C(=O)N(Cc1ccccc1)C2=O. The van der Waals surface area contributed by atoms with Crippen molar-refractivity contribution in [2.45, 2.75) is 19.5 Å². The molecule has 6 nitrogen and oxygen atoms in total. The Kier molecular flexibility index (Phi) is 4.63. The third-order valence-corrected chi connectivity index (χ3v) is 4.07. The van der Waals surface area contributed by atoms with E-state index in [1.165, 1.54) is 23.1 Å². The van der Waals surface area contributed by atoms with Gasteiger partial charge in [0.1, 0.15) is 0 Å². The van der Waals surface area contributed by atoms with E-state index in [2.05, 4.69) is 5.32 Å². The maximum atomic E-state index is 12.6. The van der Waals surface area contributed by atoms with Crippen molar-refractivity contribution in [1.82, 2.24) is 10.2 Å². The first-order chi connectivity index (χ1) is 12.0. The summed E-state index contributed by atoms with van der Waals surface area (Å²) < 4.78 is 0. The fourth-order valence-corrected chi connectivity index (χ4v) is 2.69. The van der Waals surface area contributed by atoms with Gasteiger partial charge in [-0.05, 0) is 30.7 Å². The predicted octanol–water partition coefficient (Wildman–Crippen LogP) is 1.59. The molecule has 1 unspecified atom stereocenters. The van der Waals surface area contributed by atoms with Crippen molar-refractivity contribution in [3.63, 3.8) is 0 Å². The van der Waals surface area contributed by atoms with Gasteiger partial charge in [-0.15, -0.1) is 0 Å². The van der Waals surface area contributed by atoms with E-state index in [1.54, 1.807) is 6.92 Å². The van der Waals surface area contributed by atoms with Gasteiger partial charge in [-0.2, -0.15) is 0 Å². The number of hydrogen-bond donors (Lipinski definition) is 2. The van der Waals surface area contributed by atoms with E-state index < -0.39 is 17.9 Å². The molecular formula is C19H18N2O4. The molecule has 0 saturated heterocycles. The normalized spacial score (nSPS) is 14.4. The molecule has 0 saturated carbocycles.